The Morgan fingerprint density at radius 1 is 1.43 bits per heavy atom. The van der Waals surface area contributed by atoms with Crippen LogP contribution in [0.25, 0.3) is 0 Å². The lowest BCUT2D eigenvalue weighted by atomic mass is 10.3. The van der Waals surface area contributed by atoms with Gasteiger partial charge in [0, 0.05) is 6.54 Å². The molecule has 1 N–H and O–H groups in total. The van der Waals surface area contributed by atoms with Gasteiger partial charge >= 0.3 is 0 Å². The van der Waals surface area contributed by atoms with Crippen molar-refractivity contribution in [1.82, 2.24) is 11.0 Å². The highest BCUT2D eigenvalue weighted by molar-refractivity contribution is 4.42. The summed E-state index contributed by atoms with van der Waals surface area (Å²) in [5.41, 5.74) is 6.27. The van der Waals surface area contributed by atoms with Crippen LogP contribution >= 0.6 is 0 Å². The Hall–Kier alpha value is -0.120. The van der Waals surface area contributed by atoms with Gasteiger partial charge in [0.1, 0.15) is 0 Å². The Balaban J connectivity index is 2.04. The highest BCUT2D eigenvalue weighted by Crippen LogP contribution is 1.89. The minimum absolute atomic E-state index is 0.771. The van der Waals surface area contributed by atoms with Crippen LogP contribution in [0.5, 0.6) is 0 Å². The van der Waals surface area contributed by atoms with Crippen LogP contribution in [0.3, 0.4) is 0 Å². The van der Waals surface area contributed by atoms with E-state index in [2.05, 4.69) is 11.0 Å². The number of hydrogen-bond acceptors (Lipinski definition) is 2. The molecule has 0 atom stereocenters. The smallest absolute Gasteiger partial charge is 0.0719 e. The van der Waals surface area contributed by atoms with E-state index < -0.39 is 0 Å². The van der Waals surface area contributed by atoms with Crippen molar-refractivity contribution in [3.8, 4) is 0 Å². The number of hydrogen-bond donors (Lipinski definition) is 1. The zero-order valence-electron chi connectivity index (χ0n) is 4.18. The third-order valence-electron chi connectivity index (χ3n) is 0.903. The topological polar surface area (TPSA) is 35.4 Å². The molecule has 41 valence electrons. The van der Waals surface area contributed by atoms with E-state index in [9.17, 15) is 0 Å². The van der Waals surface area contributed by atoms with Crippen molar-refractivity contribution in [3.05, 3.63) is 0 Å². The van der Waals surface area contributed by atoms with Crippen molar-refractivity contribution in [2.45, 2.75) is 12.8 Å². The summed E-state index contributed by atoms with van der Waals surface area (Å²) in [5.74, 6) is 0. The first kappa shape index (κ1) is 5.03. The van der Waals surface area contributed by atoms with Crippen LogP contribution in [0.4, 0.5) is 0 Å². The normalized spacial score (nSPS) is 24.0. The highest BCUT2D eigenvalue weighted by Gasteiger charge is 1.94. The molecule has 1 radical (unpaired) electrons. The van der Waals surface area contributed by atoms with Crippen molar-refractivity contribution in [2.24, 2.45) is 0 Å². The van der Waals surface area contributed by atoms with Crippen molar-refractivity contribution in [2.75, 3.05) is 13.2 Å². The van der Waals surface area contributed by atoms with Gasteiger partial charge in [-0.05, 0) is 18.4 Å². The molecule has 1 rings (SSSR count). The second kappa shape index (κ2) is 2.96. The lowest BCUT2D eigenvalue weighted by molar-refractivity contribution is 0.0158. The first-order chi connectivity index (χ1) is 3.50. The van der Waals surface area contributed by atoms with Gasteiger partial charge in [-0.2, -0.15) is 0 Å². The molecule has 1 aliphatic heterocycles. The molecule has 0 saturated carbocycles. The predicted molar refractivity (Wildman–Crippen MR) is 25.3 cm³/mol. The zero-order chi connectivity index (χ0) is 4.95. The first-order valence-electron chi connectivity index (χ1n) is 2.55. The minimum Gasteiger partial charge on any atom is -0.267 e. The van der Waals surface area contributed by atoms with Gasteiger partial charge in [0.15, 0.2) is 0 Å². The van der Waals surface area contributed by atoms with Crippen molar-refractivity contribution >= 4 is 0 Å². The molecule has 0 aliphatic carbocycles. The van der Waals surface area contributed by atoms with Crippen LogP contribution in [0.15, 0.2) is 0 Å². The Labute approximate surface area is 43.0 Å². The molecule has 1 aliphatic rings. The van der Waals surface area contributed by atoms with Crippen molar-refractivity contribution in [1.29, 1.82) is 0 Å². The lowest BCUT2D eigenvalue weighted by Crippen LogP contribution is -2.22. The van der Waals surface area contributed by atoms with Crippen LogP contribution in [0.1, 0.15) is 12.8 Å². The summed E-state index contributed by atoms with van der Waals surface area (Å²) in [7, 11) is 0. The molecule has 1 fully saturated rings. The van der Waals surface area contributed by atoms with E-state index in [-0.39, 0.29) is 0 Å². The Bertz CT molecular complexity index is 29.3. The molecule has 3 heteroatoms. The lowest BCUT2D eigenvalue weighted by Gasteiger charge is -1.91. The predicted octanol–water partition coefficient (Wildman–Crippen LogP) is -0.179. The van der Waals surface area contributed by atoms with E-state index in [1.807, 2.05) is 0 Å². The fourth-order valence-corrected chi connectivity index (χ4v) is 0.508. The molecular weight excluding hydrogens is 92.1 g/mol. The fourth-order valence-electron chi connectivity index (χ4n) is 0.508. The van der Waals surface area contributed by atoms with Crippen LogP contribution in [-0.4, -0.2) is 13.2 Å². The maximum atomic E-state index is 4.71. The van der Waals surface area contributed by atoms with Gasteiger partial charge in [-0.25, -0.2) is 5.43 Å². The Morgan fingerprint density at radius 2 is 2.43 bits per heavy atom. The number of rotatable bonds is 0. The Morgan fingerprint density at radius 3 is 3.43 bits per heavy atom. The summed E-state index contributed by atoms with van der Waals surface area (Å²) in [6, 6.07) is 0. The van der Waals surface area contributed by atoms with Crippen LogP contribution < -0.4 is 11.0 Å². The largest absolute Gasteiger partial charge is 0.267 e. The van der Waals surface area contributed by atoms with E-state index in [0.29, 0.717) is 0 Å². The Kier molecular flexibility index (Phi) is 2.12. The zero-order valence-corrected chi connectivity index (χ0v) is 4.18. The van der Waals surface area contributed by atoms with Crippen LogP contribution in [0, 0.1) is 0 Å². The maximum Gasteiger partial charge on any atom is 0.0719 e. The molecule has 0 bridgehead atoms. The summed E-state index contributed by atoms with van der Waals surface area (Å²) in [5, 5.41) is 0. The van der Waals surface area contributed by atoms with Crippen molar-refractivity contribution in [3.63, 3.8) is 0 Å². The summed E-state index contributed by atoms with van der Waals surface area (Å²) in [4.78, 5) is 4.71. The van der Waals surface area contributed by atoms with E-state index >= 15 is 0 Å². The van der Waals surface area contributed by atoms with Crippen LogP contribution in [-0.2, 0) is 4.84 Å². The van der Waals surface area contributed by atoms with Gasteiger partial charge in [0.05, 0.1) is 6.61 Å². The second-order valence-electron chi connectivity index (χ2n) is 1.54. The molecule has 0 unspecified atom stereocenters. The third kappa shape index (κ3) is 1.87. The van der Waals surface area contributed by atoms with Gasteiger partial charge < -0.3 is 0 Å². The first-order valence-corrected chi connectivity index (χ1v) is 2.55. The molecule has 0 spiro atoms. The molecule has 0 aromatic carbocycles. The number of nitrogens with one attached hydrogen (secondary N) is 1. The van der Waals surface area contributed by atoms with E-state index in [4.69, 9.17) is 4.84 Å². The monoisotopic (exact) mass is 101 g/mol. The SMILES string of the molecule is C1CCO[N]NC1. The van der Waals surface area contributed by atoms with Crippen LogP contribution in [0.2, 0.25) is 0 Å². The molecule has 3 nitrogen and oxygen atoms in total. The van der Waals surface area contributed by atoms with Gasteiger partial charge in [0.2, 0.25) is 0 Å². The van der Waals surface area contributed by atoms with Gasteiger partial charge in [-0.3, -0.25) is 4.84 Å². The molecule has 1 heterocycles. The molecule has 0 amide bonds. The van der Waals surface area contributed by atoms with Gasteiger partial charge in [-0.15, -0.1) is 0 Å². The average molecular weight is 101 g/mol. The van der Waals surface area contributed by atoms with Gasteiger partial charge in [-0.1, -0.05) is 0 Å². The summed E-state index contributed by atoms with van der Waals surface area (Å²) in [6.07, 6.45) is 2.29. The summed E-state index contributed by atoms with van der Waals surface area (Å²) < 4.78 is 0. The quantitative estimate of drug-likeness (QED) is 0.459. The van der Waals surface area contributed by atoms with Crippen molar-refractivity contribution < 1.29 is 4.84 Å². The molecule has 0 aromatic rings. The molecule has 0 aromatic heterocycles. The third-order valence-corrected chi connectivity index (χ3v) is 0.903. The standard InChI is InChI=1S/C4H9N2O/c1-2-4-7-6-5-3-1/h5H,1-4H2. The number of nitrogens with zero attached hydrogens (tertiary/aromatic N) is 1. The van der Waals surface area contributed by atoms with Gasteiger partial charge in [0.25, 0.3) is 0 Å². The molecule has 7 heavy (non-hydrogen) atoms. The molecule has 1 saturated heterocycles. The molecular formula is C4H9N2O. The highest BCUT2D eigenvalue weighted by atomic mass is 16.7. The van der Waals surface area contributed by atoms with E-state index in [0.717, 1.165) is 19.6 Å². The van der Waals surface area contributed by atoms with E-state index in [1.54, 1.807) is 0 Å². The summed E-state index contributed by atoms with van der Waals surface area (Å²) >= 11 is 0. The second-order valence-corrected chi connectivity index (χ2v) is 1.54. The average Bonchev–Trinajstić information content (AvgIpc) is 1.90. The maximum absolute atomic E-state index is 4.71. The fraction of sp³-hybridized carbons (Fsp3) is 1.00. The van der Waals surface area contributed by atoms with E-state index in [1.165, 1.54) is 6.42 Å². The minimum atomic E-state index is 0.771. The summed E-state index contributed by atoms with van der Waals surface area (Å²) in [6.45, 7) is 1.73.